The number of aromatic nitrogens is 3. The minimum atomic E-state index is -0.353. The predicted molar refractivity (Wildman–Crippen MR) is 92.0 cm³/mol. The van der Waals surface area contributed by atoms with Gasteiger partial charge in [-0.25, -0.2) is 4.79 Å². The van der Waals surface area contributed by atoms with E-state index in [-0.39, 0.29) is 5.97 Å². The van der Waals surface area contributed by atoms with Gasteiger partial charge in [0.15, 0.2) is 5.82 Å². The van der Waals surface area contributed by atoms with Crippen molar-refractivity contribution < 1.29 is 9.53 Å². The van der Waals surface area contributed by atoms with Crippen molar-refractivity contribution in [1.29, 1.82) is 0 Å². The van der Waals surface area contributed by atoms with Gasteiger partial charge in [0.2, 0.25) is 5.16 Å². The lowest BCUT2D eigenvalue weighted by molar-refractivity contribution is -0.137. The number of carbonyl (C=O) groups is 1. The minimum Gasteiger partial charge on any atom is -0.462 e. The summed E-state index contributed by atoms with van der Waals surface area (Å²) in [6.07, 6.45) is 1.86. The van der Waals surface area contributed by atoms with Crippen molar-refractivity contribution >= 4 is 40.9 Å². The number of fused-ring (bicyclic) bond motifs is 1. The fourth-order valence-corrected chi connectivity index (χ4v) is 3.82. The van der Waals surface area contributed by atoms with Crippen molar-refractivity contribution in [1.82, 2.24) is 14.9 Å². The molecule has 0 aliphatic carbocycles. The number of esters is 1. The molecule has 0 spiro atoms. The van der Waals surface area contributed by atoms with Crippen LogP contribution < -0.4 is 0 Å². The Hall–Kier alpha value is -1.93. The summed E-state index contributed by atoms with van der Waals surface area (Å²) in [6, 6.07) is 2.03. The molecule has 2 aromatic heterocycles. The first-order valence-corrected chi connectivity index (χ1v) is 9.02. The highest BCUT2D eigenvalue weighted by Crippen LogP contribution is 2.26. The van der Waals surface area contributed by atoms with Crippen LogP contribution in [0.15, 0.2) is 27.3 Å². The third-order valence-corrected chi connectivity index (χ3v) is 5.21. The summed E-state index contributed by atoms with van der Waals surface area (Å²) in [7, 11) is 0. The van der Waals surface area contributed by atoms with Gasteiger partial charge in [-0.3, -0.25) is 0 Å². The van der Waals surface area contributed by atoms with E-state index in [2.05, 4.69) is 15.3 Å². The zero-order valence-corrected chi connectivity index (χ0v) is 14.7. The normalized spacial score (nSPS) is 14.4. The fourth-order valence-electron chi connectivity index (χ4n) is 2.09. The number of hydrogen-bond acceptors (Lipinski definition) is 7. The zero-order valence-electron chi connectivity index (χ0n) is 13.1. The standard InChI is InChI=1S/C15H16N4O2S2/c1-4-21-14(20)11(7-13-9(2)5-6-22-13)12-8-23-15-17-16-10(3)19(15)18-12/h5-7H,4,8H2,1-3H3. The summed E-state index contributed by atoms with van der Waals surface area (Å²) in [4.78, 5) is 13.4. The van der Waals surface area contributed by atoms with Crippen LogP contribution in [0.2, 0.25) is 0 Å². The maximum Gasteiger partial charge on any atom is 0.340 e. The number of hydrogen-bond donors (Lipinski definition) is 0. The first-order chi connectivity index (χ1) is 11.1. The van der Waals surface area contributed by atoms with E-state index in [1.165, 1.54) is 11.8 Å². The Kier molecular flexibility index (Phi) is 4.63. The number of rotatable bonds is 4. The Labute approximate surface area is 142 Å². The summed E-state index contributed by atoms with van der Waals surface area (Å²) >= 11 is 3.10. The molecular formula is C15H16N4O2S2. The third kappa shape index (κ3) is 3.23. The number of thioether (sulfide) groups is 1. The van der Waals surface area contributed by atoms with Crippen LogP contribution in [0, 0.1) is 13.8 Å². The molecule has 1 aliphatic rings. The molecule has 2 aromatic rings. The Morgan fingerprint density at radius 3 is 2.96 bits per heavy atom. The molecule has 3 heterocycles. The van der Waals surface area contributed by atoms with Crippen molar-refractivity contribution in [2.45, 2.75) is 25.9 Å². The van der Waals surface area contributed by atoms with E-state index in [0.29, 0.717) is 29.5 Å². The van der Waals surface area contributed by atoms with E-state index in [9.17, 15) is 4.79 Å². The van der Waals surface area contributed by atoms with Gasteiger partial charge in [-0.05, 0) is 43.9 Å². The maximum absolute atomic E-state index is 12.4. The smallest absolute Gasteiger partial charge is 0.340 e. The molecule has 0 radical (unpaired) electrons. The highest BCUT2D eigenvalue weighted by Gasteiger charge is 2.24. The highest BCUT2D eigenvalue weighted by atomic mass is 32.2. The van der Waals surface area contributed by atoms with Gasteiger partial charge in [0.05, 0.1) is 17.9 Å². The number of aryl methyl sites for hydroxylation is 2. The molecule has 0 fully saturated rings. The van der Waals surface area contributed by atoms with Crippen LogP contribution in [-0.2, 0) is 9.53 Å². The fraction of sp³-hybridized carbons (Fsp3) is 0.333. The number of nitrogens with zero attached hydrogens (tertiary/aromatic N) is 4. The first-order valence-electron chi connectivity index (χ1n) is 7.16. The van der Waals surface area contributed by atoms with Crippen LogP contribution in [-0.4, -0.2) is 38.9 Å². The number of carbonyl (C=O) groups excluding carboxylic acids is 1. The molecule has 0 N–H and O–H groups in total. The van der Waals surface area contributed by atoms with Crippen molar-refractivity contribution in [3.63, 3.8) is 0 Å². The molecule has 120 valence electrons. The molecule has 0 atom stereocenters. The minimum absolute atomic E-state index is 0.330. The van der Waals surface area contributed by atoms with E-state index in [1.807, 2.05) is 31.4 Å². The van der Waals surface area contributed by atoms with E-state index in [1.54, 1.807) is 22.9 Å². The van der Waals surface area contributed by atoms with Crippen molar-refractivity contribution in [2.75, 3.05) is 12.4 Å². The quantitative estimate of drug-likeness (QED) is 0.628. The second-order valence-corrected chi connectivity index (χ2v) is 6.81. The molecule has 8 heteroatoms. The Morgan fingerprint density at radius 2 is 2.26 bits per heavy atom. The molecule has 0 bridgehead atoms. The Morgan fingerprint density at radius 1 is 1.43 bits per heavy atom. The molecule has 0 saturated heterocycles. The molecule has 0 amide bonds. The van der Waals surface area contributed by atoms with Gasteiger partial charge >= 0.3 is 5.97 Å². The molecule has 6 nitrogen and oxygen atoms in total. The Balaban J connectivity index is 2.04. The van der Waals surface area contributed by atoms with Gasteiger partial charge in [-0.1, -0.05) is 11.8 Å². The van der Waals surface area contributed by atoms with Gasteiger partial charge in [0.1, 0.15) is 0 Å². The summed E-state index contributed by atoms with van der Waals surface area (Å²) in [5.74, 6) is 0.904. The predicted octanol–water partition coefficient (Wildman–Crippen LogP) is 2.91. The van der Waals surface area contributed by atoms with Gasteiger partial charge in [0.25, 0.3) is 0 Å². The summed E-state index contributed by atoms with van der Waals surface area (Å²) in [5.41, 5.74) is 2.29. The van der Waals surface area contributed by atoms with Crippen LogP contribution in [0.1, 0.15) is 23.2 Å². The summed E-state index contributed by atoms with van der Waals surface area (Å²) in [6.45, 7) is 5.98. The average molecular weight is 348 g/mol. The second-order valence-electron chi connectivity index (χ2n) is 4.92. The van der Waals surface area contributed by atoms with Crippen LogP contribution >= 0.6 is 23.1 Å². The maximum atomic E-state index is 12.4. The van der Waals surface area contributed by atoms with Gasteiger partial charge in [-0.15, -0.1) is 21.5 Å². The highest BCUT2D eigenvalue weighted by molar-refractivity contribution is 7.99. The molecular weight excluding hydrogens is 332 g/mol. The van der Waals surface area contributed by atoms with E-state index in [0.717, 1.165) is 15.6 Å². The largest absolute Gasteiger partial charge is 0.462 e. The van der Waals surface area contributed by atoms with Gasteiger partial charge in [-0.2, -0.15) is 9.78 Å². The van der Waals surface area contributed by atoms with Gasteiger partial charge < -0.3 is 4.74 Å². The molecule has 3 rings (SSSR count). The van der Waals surface area contributed by atoms with Crippen molar-refractivity contribution in [2.24, 2.45) is 5.10 Å². The van der Waals surface area contributed by atoms with E-state index in [4.69, 9.17) is 4.74 Å². The molecule has 0 aromatic carbocycles. The van der Waals surface area contributed by atoms with Crippen LogP contribution in [0.5, 0.6) is 0 Å². The first kappa shape index (κ1) is 15.9. The molecule has 1 aliphatic heterocycles. The van der Waals surface area contributed by atoms with E-state index >= 15 is 0 Å². The lowest BCUT2D eigenvalue weighted by atomic mass is 10.1. The SMILES string of the molecule is CCOC(=O)C(=Cc1sccc1C)C1=Nn2c(C)nnc2SC1. The number of ether oxygens (including phenoxy) is 1. The third-order valence-electron chi connectivity index (χ3n) is 3.31. The lowest BCUT2D eigenvalue weighted by Gasteiger charge is -2.15. The van der Waals surface area contributed by atoms with Gasteiger partial charge in [0, 0.05) is 10.6 Å². The van der Waals surface area contributed by atoms with Crippen LogP contribution in [0.3, 0.4) is 0 Å². The second kappa shape index (κ2) is 6.67. The number of thiophene rings is 1. The van der Waals surface area contributed by atoms with Crippen LogP contribution in [0.4, 0.5) is 0 Å². The molecule has 23 heavy (non-hydrogen) atoms. The lowest BCUT2D eigenvalue weighted by Crippen LogP contribution is -2.21. The zero-order chi connectivity index (χ0) is 16.4. The van der Waals surface area contributed by atoms with Crippen LogP contribution in [0.25, 0.3) is 6.08 Å². The molecule has 0 unspecified atom stereocenters. The monoisotopic (exact) mass is 348 g/mol. The average Bonchev–Trinajstić information content (AvgIpc) is 3.11. The summed E-state index contributed by atoms with van der Waals surface area (Å²) < 4.78 is 6.88. The van der Waals surface area contributed by atoms with E-state index < -0.39 is 0 Å². The van der Waals surface area contributed by atoms with Crippen molar-refractivity contribution in [3.8, 4) is 0 Å². The molecule has 0 saturated carbocycles. The Bertz CT molecular complexity index is 804. The topological polar surface area (TPSA) is 69.4 Å². The summed E-state index contributed by atoms with van der Waals surface area (Å²) in [5, 5.41) is 15.4. The van der Waals surface area contributed by atoms with Crippen molar-refractivity contribution in [3.05, 3.63) is 33.3 Å².